The summed E-state index contributed by atoms with van der Waals surface area (Å²) in [6.07, 6.45) is 2.56. The first-order valence-corrected chi connectivity index (χ1v) is 6.50. The first kappa shape index (κ1) is 13.1. The molecule has 0 saturated carbocycles. The van der Waals surface area contributed by atoms with E-state index >= 15 is 0 Å². The minimum atomic E-state index is 0.631. The lowest BCUT2D eigenvalue weighted by molar-refractivity contribution is 0.379. The van der Waals surface area contributed by atoms with Gasteiger partial charge < -0.3 is 15.0 Å². The predicted molar refractivity (Wildman–Crippen MR) is 72.2 cm³/mol. The van der Waals surface area contributed by atoms with Crippen molar-refractivity contribution >= 4 is 5.82 Å². The molecule has 100 valence electrons. The summed E-state index contributed by atoms with van der Waals surface area (Å²) in [4.78, 5) is 10.9. The highest BCUT2D eigenvalue weighted by Gasteiger charge is 2.16. The zero-order valence-corrected chi connectivity index (χ0v) is 11.4. The fourth-order valence-corrected chi connectivity index (χ4v) is 2.39. The van der Waals surface area contributed by atoms with Crippen molar-refractivity contribution < 1.29 is 4.74 Å². The average molecular weight is 250 g/mol. The number of aromatic nitrogens is 2. The highest BCUT2D eigenvalue weighted by Crippen LogP contribution is 2.19. The molecule has 1 aromatic rings. The van der Waals surface area contributed by atoms with Gasteiger partial charge in [-0.1, -0.05) is 0 Å². The van der Waals surface area contributed by atoms with Gasteiger partial charge in [0, 0.05) is 19.7 Å². The predicted octanol–water partition coefficient (Wildman–Crippen LogP) is 1.23. The van der Waals surface area contributed by atoms with Crippen molar-refractivity contribution in [1.29, 1.82) is 0 Å². The van der Waals surface area contributed by atoms with Gasteiger partial charge in [-0.2, -0.15) is 4.98 Å². The van der Waals surface area contributed by atoms with E-state index in [1.54, 1.807) is 7.11 Å². The first-order valence-electron chi connectivity index (χ1n) is 6.50. The van der Waals surface area contributed by atoms with Gasteiger partial charge in [-0.05, 0) is 38.8 Å². The number of nitrogens with zero attached hydrogens (tertiary/aromatic N) is 3. The molecule has 1 aliphatic heterocycles. The molecule has 5 heteroatoms. The molecular formula is C13H22N4O. The Hall–Kier alpha value is -1.36. The van der Waals surface area contributed by atoms with Crippen LogP contribution in [0.2, 0.25) is 0 Å². The van der Waals surface area contributed by atoms with Crippen LogP contribution < -0.4 is 15.0 Å². The Balaban J connectivity index is 2.02. The van der Waals surface area contributed by atoms with Crippen LogP contribution in [0.25, 0.3) is 0 Å². The lowest BCUT2D eigenvalue weighted by Gasteiger charge is -2.28. The summed E-state index contributed by atoms with van der Waals surface area (Å²) >= 11 is 0. The summed E-state index contributed by atoms with van der Waals surface area (Å²) in [7, 11) is 3.71. The maximum absolute atomic E-state index is 5.19. The summed E-state index contributed by atoms with van der Waals surface area (Å²) in [5, 5.41) is 3.44. The molecule has 0 radical (unpaired) electrons. The minimum Gasteiger partial charge on any atom is -0.481 e. The van der Waals surface area contributed by atoms with E-state index in [1.165, 1.54) is 12.8 Å². The van der Waals surface area contributed by atoms with Gasteiger partial charge >= 0.3 is 0 Å². The summed E-state index contributed by atoms with van der Waals surface area (Å²) in [5.74, 6) is 3.01. The summed E-state index contributed by atoms with van der Waals surface area (Å²) in [6, 6.07) is 1.89. The number of methoxy groups -OCH3 is 1. The van der Waals surface area contributed by atoms with Gasteiger partial charge in [0.1, 0.15) is 11.6 Å². The number of nitrogens with one attached hydrogen (secondary N) is 1. The van der Waals surface area contributed by atoms with Crippen LogP contribution in [-0.2, 0) is 0 Å². The number of piperidine rings is 1. The van der Waals surface area contributed by atoms with Gasteiger partial charge in [0.2, 0.25) is 5.88 Å². The third kappa shape index (κ3) is 3.32. The molecule has 1 N–H and O–H groups in total. The van der Waals surface area contributed by atoms with Crippen LogP contribution >= 0.6 is 0 Å². The molecule has 18 heavy (non-hydrogen) atoms. The minimum absolute atomic E-state index is 0.631. The third-order valence-electron chi connectivity index (χ3n) is 3.33. The highest BCUT2D eigenvalue weighted by molar-refractivity contribution is 5.40. The van der Waals surface area contributed by atoms with E-state index in [0.29, 0.717) is 11.8 Å². The van der Waals surface area contributed by atoms with E-state index in [-0.39, 0.29) is 0 Å². The van der Waals surface area contributed by atoms with Crippen LogP contribution in [0, 0.1) is 12.8 Å². The number of hydrogen-bond donors (Lipinski definition) is 1. The molecule has 0 bridgehead atoms. The maximum Gasteiger partial charge on any atom is 0.218 e. The van der Waals surface area contributed by atoms with Gasteiger partial charge in [0.05, 0.1) is 7.11 Å². The van der Waals surface area contributed by atoms with Crippen molar-refractivity contribution in [2.24, 2.45) is 5.92 Å². The highest BCUT2D eigenvalue weighted by atomic mass is 16.5. The Labute approximate surface area is 109 Å². The number of aryl methyl sites for hydroxylation is 1. The lowest BCUT2D eigenvalue weighted by atomic mass is 9.99. The molecule has 2 rings (SSSR count). The molecule has 1 saturated heterocycles. The van der Waals surface area contributed by atoms with Crippen LogP contribution in [0.4, 0.5) is 5.82 Å². The number of anilines is 1. The smallest absolute Gasteiger partial charge is 0.218 e. The van der Waals surface area contributed by atoms with Crippen molar-refractivity contribution in [3.05, 3.63) is 11.9 Å². The molecule has 0 aromatic carbocycles. The van der Waals surface area contributed by atoms with E-state index in [1.807, 2.05) is 13.0 Å². The molecule has 1 atom stereocenters. The van der Waals surface area contributed by atoms with Gasteiger partial charge in [-0.15, -0.1) is 0 Å². The summed E-state index contributed by atoms with van der Waals surface area (Å²) in [6.45, 7) is 5.17. The van der Waals surface area contributed by atoms with Gasteiger partial charge in [0.15, 0.2) is 0 Å². The second-order valence-electron chi connectivity index (χ2n) is 4.91. The van der Waals surface area contributed by atoms with Crippen molar-refractivity contribution in [1.82, 2.24) is 15.3 Å². The second-order valence-corrected chi connectivity index (χ2v) is 4.91. The van der Waals surface area contributed by atoms with Crippen LogP contribution in [-0.4, -0.2) is 43.8 Å². The largest absolute Gasteiger partial charge is 0.481 e. The van der Waals surface area contributed by atoms with Gasteiger partial charge in [0.25, 0.3) is 0 Å². The van der Waals surface area contributed by atoms with E-state index in [2.05, 4.69) is 27.2 Å². The van der Waals surface area contributed by atoms with Crippen molar-refractivity contribution in [3.8, 4) is 5.88 Å². The number of ether oxygens (including phenoxy) is 1. The molecular weight excluding hydrogens is 228 g/mol. The topological polar surface area (TPSA) is 50.3 Å². The molecule has 0 amide bonds. The maximum atomic E-state index is 5.19. The Morgan fingerprint density at radius 2 is 2.33 bits per heavy atom. The van der Waals surface area contributed by atoms with Gasteiger partial charge in [-0.25, -0.2) is 4.98 Å². The molecule has 1 unspecified atom stereocenters. The van der Waals surface area contributed by atoms with Crippen molar-refractivity contribution in [3.63, 3.8) is 0 Å². The molecule has 0 spiro atoms. The fraction of sp³-hybridized carbons (Fsp3) is 0.692. The third-order valence-corrected chi connectivity index (χ3v) is 3.33. The average Bonchev–Trinajstić information content (AvgIpc) is 2.39. The molecule has 0 aliphatic carbocycles. The van der Waals surface area contributed by atoms with Crippen LogP contribution in [0.3, 0.4) is 0 Å². The Morgan fingerprint density at radius 1 is 1.50 bits per heavy atom. The molecule has 2 heterocycles. The van der Waals surface area contributed by atoms with Crippen LogP contribution in [0.15, 0.2) is 6.07 Å². The second kappa shape index (κ2) is 6.00. The number of hydrogen-bond acceptors (Lipinski definition) is 5. The lowest BCUT2D eigenvalue weighted by Crippen LogP contribution is -2.37. The SMILES string of the molecule is COc1cc(N(C)CC2CCCNC2)nc(C)n1. The zero-order valence-electron chi connectivity index (χ0n) is 11.4. The van der Waals surface area contributed by atoms with E-state index < -0.39 is 0 Å². The standard InChI is InChI=1S/C13H22N4O/c1-10-15-12(7-13(16-10)18-3)17(2)9-11-5-4-6-14-8-11/h7,11,14H,4-6,8-9H2,1-3H3. The Kier molecular flexibility index (Phi) is 4.36. The Morgan fingerprint density at radius 3 is 3.00 bits per heavy atom. The van der Waals surface area contributed by atoms with Crippen LogP contribution in [0.5, 0.6) is 5.88 Å². The molecule has 1 fully saturated rings. The quantitative estimate of drug-likeness (QED) is 0.871. The molecule has 1 aromatic heterocycles. The van der Waals surface area contributed by atoms with E-state index in [0.717, 1.165) is 31.3 Å². The monoisotopic (exact) mass is 250 g/mol. The molecule has 5 nitrogen and oxygen atoms in total. The van der Waals surface area contributed by atoms with Crippen molar-refractivity contribution in [2.75, 3.05) is 38.7 Å². The number of rotatable bonds is 4. The normalized spacial score (nSPS) is 19.6. The van der Waals surface area contributed by atoms with Crippen LogP contribution in [0.1, 0.15) is 18.7 Å². The fourth-order valence-electron chi connectivity index (χ4n) is 2.39. The van der Waals surface area contributed by atoms with Gasteiger partial charge in [-0.3, -0.25) is 0 Å². The van der Waals surface area contributed by atoms with Crippen molar-refractivity contribution in [2.45, 2.75) is 19.8 Å². The zero-order chi connectivity index (χ0) is 13.0. The summed E-state index contributed by atoms with van der Waals surface area (Å²) in [5.41, 5.74) is 0. The van der Waals surface area contributed by atoms with E-state index in [4.69, 9.17) is 4.74 Å². The Bertz CT molecular complexity index is 391. The van der Waals surface area contributed by atoms with E-state index in [9.17, 15) is 0 Å². The molecule has 1 aliphatic rings. The summed E-state index contributed by atoms with van der Waals surface area (Å²) < 4.78 is 5.19. The first-order chi connectivity index (χ1) is 8.69.